The maximum atomic E-state index is 5.82. The zero-order chi connectivity index (χ0) is 11.4. The second-order valence-corrected chi connectivity index (χ2v) is 3.62. The summed E-state index contributed by atoms with van der Waals surface area (Å²) in [5.41, 5.74) is 7.24. The Labute approximate surface area is 98.6 Å². The number of nitrogens with zero attached hydrogens (tertiary/aromatic N) is 2. The molecule has 2 aromatic rings. The first-order chi connectivity index (χ1) is 7.75. The molecule has 2 N–H and O–H groups in total. The first kappa shape index (κ1) is 10.6. The minimum atomic E-state index is 0.392. The van der Waals surface area contributed by atoms with E-state index in [1.807, 2.05) is 18.2 Å². The molecule has 80 valence electrons. The number of amidine groups is 1. The fourth-order valence-corrected chi connectivity index (χ4v) is 1.35. The third kappa shape index (κ3) is 2.58. The summed E-state index contributed by atoms with van der Waals surface area (Å²) in [4.78, 5) is 8.35. The fourth-order valence-electron chi connectivity index (χ4n) is 1.23. The van der Waals surface area contributed by atoms with E-state index < -0.39 is 0 Å². The van der Waals surface area contributed by atoms with Crippen LogP contribution in [0.25, 0.3) is 0 Å². The van der Waals surface area contributed by atoms with Crippen molar-refractivity contribution >= 4 is 23.1 Å². The van der Waals surface area contributed by atoms with Crippen molar-refractivity contribution in [3.8, 4) is 0 Å². The maximum absolute atomic E-state index is 5.82. The Hall–Kier alpha value is -1.87. The first-order valence-electron chi connectivity index (χ1n) is 4.77. The summed E-state index contributed by atoms with van der Waals surface area (Å²) in [6.07, 6.45) is 1.68. The molecule has 0 spiro atoms. The third-order valence-corrected chi connectivity index (χ3v) is 2.26. The molecule has 0 aliphatic carbocycles. The molecule has 1 heterocycles. The van der Waals surface area contributed by atoms with Crippen molar-refractivity contribution in [1.82, 2.24) is 4.98 Å². The molecule has 16 heavy (non-hydrogen) atoms. The van der Waals surface area contributed by atoms with Gasteiger partial charge in [-0.3, -0.25) is 4.98 Å². The zero-order valence-corrected chi connectivity index (χ0v) is 9.22. The SMILES string of the molecule is NC(=Nc1ccc(Cl)cc1)c1ccccn1. The van der Waals surface area contributed by atoms with Crippen molar-refractivity contribution in [2.45, 2.75) is 0 Å². The Kier molecular flexibility index (Phi) is 3.17. The quantitative estimate of drug-likeness (QED) is 0.638. The minimum absolute atomic E-state index is 0.392. The maximum Gasteiger partial charge on any atom is 0.150 e. The van der Waals surface area contributed by atoms with Gasteiger partial charge >= 0.3 is 0 Å². The van der Waals surface area contributed by atoms with Gasteiger partial charge in [-0.2, -0.15) is 0 Å². The first-order valence-corrected chi connectivity index (χ1v) is 5.14. The molecule has 0 unspecified atom stereocenters. The van der Waals surface area contributed by atoms with E-state index in [1.54, 1.807) is 30.5 Å². The van der Waals surface area contributed by atoms with E-state index in [9.17, 15) is 0 Å². The van der Waals surface area contributed by atoms with Crippen molar-refractivity contribution in [2.24, 2.45) is 10.7 Å². The Morgan fingerprint density at radius 3 is 2.50 bits per heavy atom. The third-order valence-electron chi connectivity index (χ3n) is 2.00. The van der Waals surface area contributed by atoms with Crippen LogP contribution in [0.2, 0.25) is 5.02 Å². The molecule has 0 radical (unpaired) electrons. The molecule has 2 rings (SSSR count). The van der Waals surface area contributed by atoms with E-state index in [0.29, 0.717) is 16.6 Å². The largest absolute Gasteiger partial charge is 0.382 e. The van der Waals surface area contributed by atoms with Crippen LogP contribution in [0.4, 0.5) is 5.69 Å². The van der Waals surface area contributed by atoms with E-state index in [0.717, 1.165) is 5.69 Å². The highest BCUT2D eigenvalue weighted by molar-refractivity contribution is 6.30. The van der Waals surface area contributed by atoms with Gasteiger partial charge in [-0.15, -0.1) is 0 Å². The number of aliphatic imine (C=N–C) groups is 1. The molecule has 0 saturated heterocycles. The normalized spacial score (nSPS) is 11.4. The molecule has 0 aliphatic heterocycles. The van der Waals surface area contributed by atoms with E-state index in [1.165, 1.54) is 0 Å². The van der Waals surface area contributed by atoms with E-state index >= 15 is 0 Å². The molecule has 0 aliphatic rings. The molecule has 1 aromatic carbocycles. The number of pyridine rings is 1. The molecule has 0 fully saturated rings. The van der Waals surface area contributed by atoms with Crippen LogP contribution < -0.4 is 5.73 Å². The minimum Gasteiger partial charge on any atom is -0.382 e. The van der Waals surface area contributed by atoms with Gasteiger partial charge < -0.3 is 5.73 Å². The number of hydrogen-bond donors (Lipinski definition) is 1. The number of hydrogen-bond acceptors (Lipinski definition) is 2. The summed E-state index contributed by atoms with van der Waals surface area (Å²) in [5.74, 6) is 0.392. The zero-order valence-electron chi connectivity index (χ0n) is 8.47. The lowest BCUT2D eigenvalue weighted by molar-refractivity contribution is 1.27. The summed E-state index contributed by atoms with van der Waals surface area (Å²) in [7, 11) is 0. The van der Waals surface area contributed by atoms with Crippen molar-refractivity contribution in [1.29, 1.82) is 0 Å². The Morgan fingerprint density at radius 1 is 1.12 bits per heavy atom. The topological polar surface area (TPSA) is 51.3 Å². The average molecular weight is 232 g/mol. The molecule has 0 saturated carbocycles. The van der Waals surface area contributed by atoms with Crippen LogP contribution in [0.5, 0.6) is 0 Å². The smallest absolute Gasteiger partial charge is 0.150 e. The van der Waals surface area contributed by atoms with Crippen LogP contribution in [-0.4, -0.2) is 10.8 Å². The molecular weight excluding hydrogens is 222 g/mol. The summed E-state index contributed by atoms with van der Waals surface area (Å²) in [6, 6.07) is 12.7. The Bertz CT molecular complexity index is 491. The van der Waals surface area contributed by atoms with E-state index in [4.69, 9.17) is 17.3 Å². The van der Waals surface area contributed by atoms with Gasteiger partial charge in [0.2, 0.25) is 0 Å². The van der Waals surface area contributed by atoms with Gasteiger partial charge in [-0.05, 0) is 36.4 Å². The highest BCUT2D eigenvalue weighted by atomic mass is 35.5. The predicted molar refractivity (Wildman–Crippen MR) is 66.1 cm³/mol. The van der Waals surface area contributed by atoms with E-state index in [2.05, 4.69) is 9.98 Å². The van der Waals surface area contributed by atoms with Crippen molar-refractivity contribution in [3.63, 3.8) is 0 Å². The second kappa shape index (κ2) is 4.77. The number of nitrogens with two attached hydrogens (primary N) is 1. The van der Waals surface area contributed by atoms with Crippen LogP contribution in [0.3, 0.4) is 0 Å². The molecular formula is C12H10ClN3. The summed E-state index contributed by atoms with van der Waals surface area (Å²) in [6.45, 7) is 0. The lowest BCUT2D eigenvalue weighted by Crippen LogP contribution is -2.14. The van der Waals surface area contributed by atoms with Gasteiger partial charge in [0.15, 0.2) is 0 Å². The van der Waals surface area contributed by atoms with Crippen LogP contribution in [0, 0.1) is 0 Å². The number of aromatic nitrogens is 1. The monoisotopic (exact) mass is 231 g/mol. The fraction of sp³-hybridized carbons (Fsp3) is 0. The molecule has 4 heteroatoms. The van der Waals surface area contributed by atoms with Gasteiger partial charge in [0.1, 0.15) is 11.5 Å². The van der Waals surface area contributed by atoms with Crippen molar-refractivity contribution in [3.05, 3.63) is 59.4 Å². The summed E-state index contributed by atoms with van der Waals surface area (Å²) in [5, 5.41) is 0.676. The molecule has 1 aromatic heterocycles. The van der Waals surface area contributed by atoms with Gasteiger partial charge in [-0.1, -0.05) is 17.7 Å². The van der Waals surface area contributed by atoms with Gasteiger partial charge in [0.05, 0.1) is 5.69 Å². The second-order valence-electron chi connectivity index (χ2n) is 3.19. The number of benzene rings is 1. The molecule has 0 amide bonds. The predicted octanol–water partition coefficient (Wildman–Crippen LogP) is 2.77. The lowest BCUT2D eigenvalue weighted by atomic mass is 10.3. The van der Waals surface area contributed by atoms with Crippen molar-refractivity contribution < 1.29 is 0 Å². The standard InChI is InChI=1S/C12H10ClN3/c13-9-4-6-10(7-5-9)16-12(14)11-3-1-2-8-15-11/h1-8H,(H2,14,16). The Morgan fingerprint density at radius 2 is 1.88 bits per heavy atom. The van der Waals surface area contributed by atoms with Crippen LogP contribution in [0.15, 0.2) is 53.7 Å². The molecule has 0 bridgehead atoms. The average Bonchev–Trinajstić information content (AvgIpc) is 2.33. The molecule has 0 atom stereocenters. The van der Waals surface area contributed by atoms with Crippen molar-refractivity contribution in [2.75, 3.05) is 0 Å². The van der Waals surface area contributed by atoms with Gasteiger partial charge in [-0.25, -0.2) is 4.99 Å². The summed E-state index contributed by atoms with van der Waals surface area (Å²) < 4.78 is 0. The van der Waals surface area contributed by atoms with Crippen LogP contribution >= 0.6 is 11.6 Å². The van der Waals surface area contributed by atoms with Gasteiger partial charge in [0.25, 0.3) is 0 Å². The molecule has 3 nitrogen and oxygen atoms in total. The van der Waals surface area contributed by atoms with Crippen LogP contribution in [-0.2, 0) is 0 Å². The highest BCUT2D eigenvalue weighted by Crippen LogP contribution is 2.16. The number of rotatable bonds is 2. The van der Waals surface area contributed by atoms with E-state index in [-0.39, 0.29) is 0 Å². The van der Waals surface area contributed by atoms with Crippen LogP contribution in [0.1, 0.15) is 5.69 Å². The number of halogens is 1. The summed E-state index contributed by atoms with van der Waals surface area (Å²) >= 11 is 5.77. The lowest BCUT2D eigenvalue weighted by Gasteiger charge is -1.99. The highest BCUT2D eigenvalue weighted by Gasteiger charge is 1.98. The Balaban J connectivity index is 2.28. The van der Waals surface area contributed by atoms with Gasteiger partial charge in [0, 0.05) is 11.2 Å².